The molecule has 1 N–H and O–H groups in total. The lowest BCUT2D eigenvalue weighted by molar-refractivity contribution is 1.01. The SMILES string of the molecule is O=c1nccc(CCl)[nH]1. The van der Waals surface area contributed by atoms with Gasteiger partial charge in [0, 0.05) is 11.9 Å². The average Bonchev–Trinajstić information content (AvgIpc) is 1.88. The van der Waals surface area contributed by atoms with Crippen LogP contribution in [-0.4, -0.2) is 9.97 Å². The lowest BCUT2D eigenvalue weighted by atomic mass is 10.5. The Balaban J connectivity index is 3.08. The lowest BCUT2D eigenvalue weighted by Gasteiger charge is -1.88. The van der Waals surface area contributed by atoms with Crippen molar-refractivity contribution >= 4 is 11.6 Å². The molecule has 0 aliphatic carbocycles. The standard InChI is InChI=1S/C5H5ClN2O/c6-3-4-1-2-7-5(9)8-4/h1-2H,3H2,(H,7,8,9). The number of aromatic amines is 1. The molecule has 0 atom stereocenters. The van der Waals surface area contributed by atoms with Gasteiger partial charge >= 0.3 is 5.69 Å². The van der Waals surface area contributed by atoms with Gasteiger partial charge in [-0.15, -0.1) is 11.6 Å². The first kappa shape index (κ1) is 6.29. The summed E-state index contributed by atoms with van der Waals surface area (Å²) in [6, 6.07) is 1.66. The van der Waals surface area contributed by atoms with Gasteiger partial charge in [0.05, 0.1) is 5.88 Å². The molecule has 0 amide bonds. The van der Waals surface area contributed by atoms with Gasteiger partial charge in [-0.2, -0.15) is 0 Å². The van der Waals surface area contributed by atoms with Crippen LogP contribution in [0, 0.1) is 0 Å². The maximum absolute atomic E-state index is 10.4. The smallest absolute Gasteiger partial charge is 0.309 e. The Morgan fingerprint density at radius 3 is 3.00 bits per heavy atom. The van der Waals surface area contributed by atoms with Crippen LogP contribution >= 0.6 is 11.6 Å². The highest BCUT2D eigenvalue weighted by Crippen LogP contribution is 1.92. The van der Waals surface area contributed by atoms with Crippen molar-refractivity contribution in [2.75, 3.05) is 0 Å². The van der Waals surface area contributed by atoms with Gasteiger partial charge in [0.15, 0.2) is 0 Å². The molecule has 4 heteroatoms. The molecule has 0 radical (unpaired) electrons. The highest BCUT2D eigenvalue weighted by molar-refractivity contribution is 6.16. The zero-order valence-corrected chi connectivity index (χ0v) is 5.35. The fourth-order valence-corrected chi connectivity index (χ4v) is 0.640. The number of rotatable bonds is 1. The van der Waals surface area contributed by atoms with Crippen molar-refractivity contribution in [1.82, 2.24) is 9.97 Å². The molecule has 0 spiro atoms. The fourth-order valence-electron chi connectivity index (χ4n) is 0.484. The molecule has 0 aromatic carbocycles. The number of hydrogen-bond acceptors (Lipinski definition) is 2. The van der Waals surface area contributed by atoms with E-state index in [0.717, 1.165) is 0 Å². The summed E-state index contributed by atoms with van der Waals surface area (Å²) < 4.78 is 0. The van der Waals surface area contributed by atoms with Crippen LogP contribution in [0.2, 0.25) is 0 Å². The second kappa shape index (κ2) is 2.64. The summed E-state index contributed by atoms with van der Waals surface area (Å²) in [5, 5.41) is 0. The molecule has 9 heavy (non-hydrogen) atoms. The van der Waals surface area contributed by atoms with Crippen LogP contribution < -0.4 is 5.69 Å². The molecule has 0 aliphatic heterocycles. The highest BCUT2D eigenvalue weighted by Gasteiger charge is 1.87. The maximum atomic E-state index is 10.4. The quantitative estimate of drug-likeness (QED) is 0.584. The van der Waals surface area contributed by atoms with Gasteiger partial charge in [-0.25, -0.2) is 9.78 Å². The Morgan fingerprint density at radius 2 is 2.56 bits per heavy atom. The van der Waals surface area contributed by atoms with Crippen LogP contribution in [0.25, 0.3) is 0 Å². The molecule has 1 aromatic rings. The van der Waals surface area contributed by atoms with Gasteiger partial charge in [-0.1, -0.05) is 0 Å². The molecule has 0 fully saturated rings. The Hall–Kier alpha value is -0.830. The maximum Gasteiger partial charge on any atom is 0.345 e. The van der Waals surface area contributed by atoms with Crippen molar-refractivity contribution in [2.24, 2.45) is 0 Å². The van der Waals surface area contributed by atoms with Crippen molar-refractivity contribution in [3.05, 3.63) is 28.4 Å². The molecular weight excluding hydrogens is 140 g/mol. The number of halogens is 1. The van der Waals surface area contributed by atoms with Crippen LogP contribution in [0.15, 0.2) is 17.1 Å². The number of nitrogens with zero attached hydrogens (tertiary/aromatic N) is 1. The predicted octanol–water partition coefficient (Wildman–Crippen LogP) is 0.509. The number of aromatic nitrogens is 2. The Labute approximate surface area is 56.7 Å². The van der Waals surface area contributed by atoms with Gasteiger partial charge in [-0.3, -0.25) is 0 Å². The van der Waals surface area contributed by atoms with Gasteiger partial charge in [0.1, 0.15) is 0 Å². The minimum Gasteiger partial charge on any atom is -0.309 e. The third-order valence-electron chi connectivity index (χ3n) is 0.879. The van der Waals surface area contributed by atoms with E-state index < -0.39 is 0 Å². The summed E-state index contributed by atoms with van der Waals surface area (Å²) in [6.07, 6.45) is 1.43. The van der Waals surface area contributed by atoms with Crippen LogP contribution in [0.5, 0.6) is 0 Å². The summed E-state index contributed by atoms with van der Waals surface area (Å²) in [4.78, 5) is 16.3. The molecule has 0 bridgehead atoms. The second-order valence-corrected chi connectivity index (χ2v) is 1.80. The van der Waals surface area contributed by atoms with E-state index >= 15 is 0 Å². The third-order valence-corrected chi connectivity index (χ3v) is 1.17. The number of H-pyrrole nitrogens is 1. The second-order valence-electron chi connectivity index (χ2n) is 1.53. The lowest BCUT2D eigenvalue weighted by Crippen LogP contribution is -2.10. The monoisotopic (exact) mass is 144 g/mol. The van der Waals surface area contributed by atoms with E-state index in [9.17, 15) is 4.79 Å². The minimum atomic E-state index is -0.354. The van der Waals surface area contributed by atoms with Crippen LogP contribution in [0.3, 0.4) is 0 Å². The van der Waals surface area contributed by atoms with E-state index in [2.05, 4.69) is 9.97 Å². The van der Waals surface area contributed by atoms with Crippen molar-refractivity contribution in [3.63, 3.8) is 0 Å². The van der Waals surface area contributed by atoms with Crippen molar-refractivity contribution in [3.8, 4) is 0 Å². The number of hydrogen-bond donors (Lipinski definition) is 1. The first-order valence-electron chi connectivity index (χ1n) is 2.43. The molecule has 1 rings (SSSR count). The largest absolute Gasteiger partial charge is 0.345 e. The van der Waals surface area contributed by atoms with Crippen molar-refractivity contribution < 1.29 is 0 Å². The summed E-state index contributed by atoms with van der Waals surface area (Å²) in [7, 11) is 0. The first-order chi connectivity index (χ1) is 4.33. The topological polar surface area (TPSA) is 45.8 Å². The van der Waals surface area contributed by atoms with E-state index in [-0.39, 0.29) is 5.69 Å². The van der Waals surface area contributed by atoms with Crippen LogP contribution in [0.4, 0.5) is 0 Å². The predicted molar refractivity (Wildman–Crippen MR) is 34.4 cm³/mol. The highest BCUT2D eigenvalue weighted by atomic mass is 35.5. The van der Waals surface area contributed by atoms with E-state index in [0.29, 0.717) is 11.6 Å². The zero-order valence-electron chi connectivity index (χ0n) is 4.60. The number of alkyl halides is 1. The molecule has 1 heterocycles. The summed E-state index contributed by atoms with van der Waals surface area (Å²) in [5.41, 5.74) is 0.338. The first-order valence-corrected chi connectivity index (χ1v) is 2.96. The van der Waals surface area contributed by atoms with E-state index in [1.54, 1.807) is 6.07 Å². The summed E-state index contributed by atoms with van der Waals surface area (Å²) in [6.45, 7) is 0. The van der Waals surface area contributed by atoms with Gasteiger partial charge in [0.2, 0.25) is 0 Å². The van der Waals surface area contributed by atoms with E-state index in [4.69, 9.17) is 11.6 Å². The minimum absolute atomic E-state index is 0.317. The molecule has 0 saturated heterocycles. The average molecular weight is 145 g/mol. The Kier molecular flexibility index (Phi) is 1.85. The van der Waals surface area contributed by atoms with Gasteiger partial charge < -0.3 is 4.98 Å². The molecule has 0 saturated carbocycles. The van der Waals surface area contributed by atoms with Gasteiger partial charge in [-0.05, 0) is 6.07 Å². The zero-order chi connectivity index (χ0) is 6.69. The van der Waals surface area contributed by atoms with Crippen LogP contribution in [0.1, 0.15) is 5.69 Å². The van der Waals surface area contributed by atoms with Crippen molar-refractivity contribution in [1.29, 1.82) is 0 Å². The van der Waals surface area contributed by atoms with E-state index in [1.807, 2.05) is 0 Å². The molecule has 3 nitrogen and oxygen atoms in total. The fraction of sp³-hybridized carbons (Fsp3) is 0.200. The summed E-state index contributed by atoms with van der Waals surface area (Å²) in [5.74, 6) is 0.317. The molecule has 0 aliphatic rings. The normalized spacial score (nSPS) is 9.44. The molecule has 1 aromatic heterocycles. The molecule has 0 unspecified atom stereocenters. The van der Waals surface area contributed by atoms with Crippen molar-refractivity contribution in [2.45, 2.75) is 5.88 Å². The molecular formula is C5H5ClN2O. The summed E-state index contributed by atoms with van der Waals surface area (Å²) >= 11 is 5.40. The van der Waals surface area contributed by atoms with Gasteiger partial charge in [0.25, 0.3) is 0 Å². The number of nitrogens with one attached hydrogen (secondary N) is 1. The molecule has 48 valence electrons. The third kappa shape index (κ3) is 1.54. The van der Waals surface area contributed by atoms with E-state index in [1.165, 1.54) is 6.20 Å². The van der Waals surface area contributed by atoms with Crippen LogP contribution in [-0.2, 0) is 5.88 Å². The Bertz CT molecular complexity index is 245. The Morgan fingerprint density at radius 1 is 1.78 bits per heavy atom.